The summed E-state index contributed by atoms with van der Waals surface area (Å²) in [5, 5.41) is 9.21. The van der Waals surface area contributed by atoms with Crippen molar-refractivity contribution in [3.63, 3.8) is 0 Å². The van der Waals surface area contributed by atoms with E-state index in [-0.39, 0.29) is 16.8 Å². The molecule has 0 saturated carbocycles. The zero-order chi connectivity index (χ0) is 24.5. The number of benzene rings is 2. The summed E-state index contributed by atoms with van der Waals surface area (Å²) >= 11 is 0. The van der Waals surface area contributed by atoms with Crippen molar-refractivity contribution >= 4 is 35.6 Å². The minimum absolute atomic E-state index is 0.112. The van der Waals surface area contributed by atoms with Gasteiger partial charge in [0, 0.05) is 25.0 Å². The predicted molar refractivity (Wildman–Crippen MR) is 121 cm³/mol. The Balaban J connectivity index is 2.24. The highest BCUT2D eigenvalue weighted by atomic mass is 16.5. The van der Waals surface area contributed by atoms with E-state index >= 15 is 0 Å². The molecule has 0 atom stereocenters. The van der Waals surface area contributed by atoms with E-state index in [1.807, 2.05) is 0 Å². The first-order valence-electron chi connectivity index (χ1n) is 9.75. The van der Waals surface area contributed by atoms with Crippen LogP contribution in [-0.4, -0.2) is 59.8 Å². The summed E-state index contributed by atoms with van der Waals surface area (Å²) in [6.07, 6.45) is 1.11. The molecular weight excluding hydrogens is 428 g/mol. The van der Waals surface area contributed by atoms with Gasteiger partial charge in [-0.2, -0.15) is 20.2 Å². The predicted octanol–water partition coefficient (Wildman–Crippen LogP) is 2.74. The molecule has 0 heterocycles. The van der Waals surface area contributed by atoms with Crippen LogP contribution >= 0.6 is 0 Å². The average Bonchev–Trinajstić information content (AvgIpc) is 2.81. The van der Waals surface area contributed by atoms with Gasteiger partial charge >= 0.3 is 0 Å². The number of hydrogen-bond donors (Lipinski definition) is 0. The smallest absolute Gasteiger partial charge is 0.281 e. The zero-order valence-electron chi connectivity index (χ0n) is 18.9. The molecule has 2 rings (SSSR count). The second kappa shape index (κ2) is 11.3. The maximum atomic E-state index is 12.7. The molecule has 33 heavy (non-hydrogen) atoms. The number of ether oxygens (including phenoxy) is 2. The van der Waals surface area contributed by atoms with E-state index in [1.165, 1.54) is 59.3 Å². The Morgan fingerprint density at radius 3 is 1.45 bits per heavy atom. The fourth-order valence-electron chi connectivity index (χ4n) is 2.57. The third-order valence-electron chi connectivity index (χ3n) is 4.27. The molecule has 0 fully saturated rings. The van der Waals surface area contributed by atoms with Crippen molar-refractivity contribution in [2.45, 2.75) is 20.8 Å². The summed E-state index contributed by atoms with van der Waals surface area (Å²) < 4.78 is 10.1. The van der Waals surface area contributed by atoms with Gasteiger partial charge in [0.15, 0.2) is 0 Å². The van der Waals surface area contributed by atoms with Crippen LogP contribution in [0.25, 0.3) is 0 Å². The van der Waals surface area contributed by atoms with Crippen molar-refractivity contribution < 1.29 is 28.7 Å². The van der Waals surface area contributed by atoms with Crippen LogP contribution in [0.1, 0.15) is 41.5 Å². The number of imide groups is 2. The lowest BCUT2D eigenvalue weighted by Gasteiger charge is -2.15. The molecule has 2 aromatic carbocycles. The minimum atomic E-state index is -0.660. The Morgan fingerprint density at radius 1 is 0.697 bits per heavy atom. The third-order valence-corrected chi connectivity index (χ3v) is 4.27. The Morgan fingerprint density at radius 2 is 1.09 bits per heavy atom. The van der Waals surface area contributed by atoms with Gasteiger partial charge in [0.2, 0.25) is 11.8 Å². The first kappa shape index (κ1) is 24.9. The summed E-state index contributed by atoms with van der Waals surface area (Å²) in [4.78, 5) is 49.3. The highest BCUT2D eigenvalue weighted by Crippen LogP contribution is 2.15. The average molecular weight is 452 g/mol. The van der Waals surface area contributed by atoms with Crippen LogP contribution in [0.3, 0.4) is 0 Å². The van der Waals surface area contributed by atoms with Crippen molar-refractivity contribution in [3.8, 4) is 11.5 Å². The number of nitrogens with zero attached hydrogens (tertiary/aromatic N) is 4. The van der Waals surface area contributed by atoms with Gasteiger partial charge in [-0.25, -0.2) is 0 Å². The molecule has 0 N–H and O–H groups in total. The summed E-state index contributed by atoms with van der Waals surface area (Å²) in [7, 11) is 2.99. The topological polar surface area (TPSA) is 118 Å². The third kappa shape index (κ3) is 6.57. The molecular formula is C23H24N4O6. The quantitative estimate of drug-likeness (QED) is 0.471. The fourth-order valence-corrected chi connectivity index (χ4v) is 2.57. The molecule has 172 valence electrons. The molecule has 10 heteroatoms. The van der Waals surface area contributed by atoms with Crippen molar-refractivity contribution in [1.82, 2.24) is 10.0 Å². The van der Waals surface area contributed by atoms with Crippen LogP contribution < -0.4 is 9.47 Å². The van der Waals surface area contributed by atoms with E-state index in [4.69, 9.17) is 9.47 Å². The number of hydrazone groups is 2. The number of carbonyl (C=O) groups excluding carboxylic acids is 4. The van der Waals surface area contributed by atoms with E-state index in [1.54, 1.807) is 24.3 Å². The van der Waals surface area contributed by atoms with Gasteiger partial charge < -0.3 is 9.47 Å². The van der Waals surface area contributed by atoms with Crippen LogP contribution in [-0.2, 0) is 9.59 Å². The molecule has 0 unspecified atom stereocenters. The Bertz CT molecular complexity index is 1090. The first-order valence-corrected chi connectivity index (χ1v) is 9.75. The Kier molecular flexibility index (Phi) is 8.56. The Labute approximate surface area is 191 Å². The lowest BCUT2D eigenvalue weighted by atomic mass is 10.2. The van der Waals surface area contributed by atoms with Crippen LogP contribution in [0.2, 0.25) is 0 Å². The number of amides is 4. The van der Waals surface area contributed by atoms with Gasteiger partial charge in [0.1, 0.15) is 11.5 Å². The highest BCUT2D eigenvalue weighted by molar-refractivity contribution is 6.30. The van der Waals surface area contributed by atoms with Crippen LogP contribution in [0.4, 0.5) is 0 Å². The van der Waals surface area contributed by atoms with Gasteiger partial charge in [0.25, 0.3) is 11.8 Å². The lowest BCUT2D eigenvalue weighted by molar-refractivity contribution is -0.127. The summed E-state index contributed by atoms with van der Waals surface area (Å²) in [5.41, 5.74) is 0.554. The molecule has 4 amide bonds. The number of hydrogen-bond acceptors (Lipinski definition) is 8. The Hall–Kier alpha value is -4.34. The van der Waals surface area contributed by atoms with E-state index in [2.05, 4.69) is 10.2 Å². The van der Waals surface area contributed by atoms with E-state index < -0.39 is 23.6 Å². The van der Waals surface area contributed by atoms with Crippen molar-refractivity contribution in [2.24, 2.45) is 10.2 Å². The van der Waals surface area contributed by atoms with Gasteiger partial charge in [-0.1, -0.05) is 0 Å². The SMILES string of the molecule is COc1ccc(C(=O)N(/N=C/C(C)=N/N(C(C)=O)C(=O)c2ccc(OC)cc2)C(C)=O)cc1. The van der Waals surface area contributed by atoms with Gasteiger partial charge in [0.05, 0.1) is 26.1 Å². The zero-order valence-corrected chi connectivity index (χ0v) is 18.9. The monoisotopic (exact) mass is 452 g/mol. The van der Waals surface area contributed by atoms with Gasteiger partial charge in [-0.3, -0.25) is 19.2 Å². The van der Waals surface area contributed by atoms with Crippen LogP contribution in [0.15, 0.2) is 58.7 Å². The second-order valence-electron chi connectivity index (χ2n) is 6.71. The maximum absolute atomic E-state index is 12.7. The highest BCUT2D eigenvalue weighted by Gasteiger charge is 2.21. The lowest BCUT2D eigenvalue weighted by Crippen LogP contribution is -2.32. The number of carbonyl (C=O) groups is 4. The standard InChI is InChI=1S/C23H24N4O6/c1-15(25-27(17(3)29)23(31)19-8-12-21(33-5)13-9-19)14-24-26(16(2)28)22(30)18-6-10-20(32-4)11-7-18/h6-14H,1-5H3/b24-14+,25-15+. The molecule has 0 aromatic heterocycles. The van der Waals surface area contributed by atoms with E-state index in [9.17, 15) is 19.2 Å². The normalized spacial score (nSPS) is 11.1. The summed E-state index contributed by atoms with van der Waals surface area (Å²) in [6, 6.07) is 12.3. The fraction of sp³-hybridized carbons (Fsp3) is 0.217. The molecule has 0 bridgehead atoms. The van der Waals surface area contributed by atoms with Crippen LogP contribution in [0.5, 0.6) is 11.5 Å². The number of rotatable bonds is 7. The van der Waals surface area contributed by atoms with Gasteiger partial charge in [-0.15, -0.1) is 0 Å². The molecule has 2 aromatic rings. The maximum Gasteiger partial charge on any atom is 0.281 e. The molecule has 0 aliphatic rings. The van der Waals surface area contributed by atoms with Crippen molar-refractivity contribution in [3.05, 3.63) is 59.7 Å². The molecule has 10 nitrogen and oxygen atoms in total. The first-order chi connectivity index (χ1) is 15.7. The molecule has 0 aliphatic carbocycles. The van der Waals surface area contributed by atoms with Crippen molar-refractivity contribution in [1.29, 1.82) is 0 Å². The van der Waals surface area contributed by atoms with E-state index in [0.29, 0.717) is 21.5 Å². The van der Waals surface area contributed by atoms with Gasteiger partial charge in [-0.05, 0) is 55.5 Å². The number of methoxy groups -OCH3 is 2. The molecule has 0 radical (unpaired) electrons. The summed E-state index contributed by atoms with van der Waals surface area (Å²) in [6.45, 7) is 3.83. The van der Waals surface area contributed by atoms with E-state index in [0.717, 1.165) is 6.21 Å². The largest absolute Gasteiger partial charge is 0.497 e. The summed E-state index contributed by atoms with van der Waals surface area (Å²) in [5.74, 6) is -1.46. The molecule has 0 aliphatic heterocycles. The van der Waals surface area contributed by atoms with Crippen molar-refractivity contribution in [2.75, 3.05) is 14.2 Å². The molecule has 0 saturated heterocycles. The van der Waals surface area contributed by atoms with Crippen LogP contribution in [0, 0.1) is 0 Å². The molecule has 0 spiro atoms. The minimum Gasteiger partial charge on any atom is -0.497 e. The second-order valence-corrected chi connectivity index (χ2v) is 6.71.